The molecule has 0 saturated heterocycles. The van der Waals surface area contributed by atoms with Crippen LogP contribution in [0.5, 0.6) is 5.75 Å². The van der Waals surface area contributed by atoms with Crippen LogP contribution in [0.15, 0.2) is 24.3 Å². The van der Waals surface area contributed by atoms with Crippen LogP contribution in [-0.2, 0) is 4.74 Å². The zero-order valence-electron chi connectivity index (χ0n) is 10.8. The number of aliphatic hydroxyl groups is 1. The quantitative estimate of drug-likeness (QED) is 0.742. The van der Waals surface area contributed by atoms with Crippen molar-refractivity contribution in [3.8, 4) is 5.75 Å². The molecule has 17 heavy (non-hydrogen) atoms. The molecule has 0 fully saturated rings. The fourth-order valence-electron chi connectivity index (χ4n) is 1.57. The molecule has 1 aromatic rings. The average Bonchev–Trinajstić information content (AvgIpc) is 2.28. The highest BCUT2D eigenvalue weighted by Gasteiger charge is 2.08. The van der Waals surface area contributed by atoms with Gasteiger partial charge >= 0.3 is 0 Å². The van der Waals surface area contributed by atoms with Crippen LogP contribution in [0.4, 0.5) is 0 Å². The van der Waals surface area contributed by atoms with E-state index in [0.717, 1.165) is 11.3 Å². The molecule has 0 aliphatic carbocycles. The number of aliphatic hydroxyl groups excluding tert-OH is 1. The van der Waals surface area contributed by atoms with Gasteiger partial charge in [0, 0.05) is 19.6 Å². The second-order valence-electron chi connectivity index (χ2n) is 4.24. The number of hydrogen-bond acceptors (Lipinski definition) is 3. The summed E-state index contributed by atoms with van der Waals surface area (Å²) < 4.78 is 10.8. The van der Waals surface area contributed by atoms with E-state index >= 15 is 0 Å². The van der Waals surface area contributed by atoms with Gasteiger partial charge in [-0.25, -0.2) is 0 Å². The third kappa shape index (κ3) is 5.20. The molecule has 1 unspecified atom stereocenters. The van der Waals surface area contributed by atoms with Gasteiger partial charge in [-0.3, -0.25) is 0 Å². The smallest absolute Gasteiger partial charge is 0.120 e. The molecule has 0 radical (unpaired) electrons. The fraction of sp³-hybridized carbons (Fsp3) is 0.571. The summed E-state index contributed by atoms with van der Waals surface area (Å²) in [5, 5.41) is 9.97. The molecule has 3 heteroatoms. The Morgan fingerprint density at radius 2 is 2.06 bits per heavy atom. The minimum atomic E-state index is -0.489. The maximum atomic E-state index is 9.97. The first-order chi connectivity index (χ1) is 8.13. The minimum Gasteiger partial charge on any atom is -0.491 e. The first-order valence-corrected chi connectivity index (χ1v) is 6.16. The monoisotopic (exact) mass is 238 g/mol. The van der Waals surface area contributed by atoms with E-state index in [9.17, 15) is 5.11 Å². The maximum absolute atomic E-state index is 9.97. The van der Waals surface area contributed by atoms with Crippen molar-refractivity contribution in [2.75, 3.05) is 13.2 Å². The molecule has 96 valence electrons. The van der Waals surface area contributed by atoms with Crippen LogP contribution in [0.1, 0.15) is 38.9 Å². The predicted molar refractivity (Wildman–Crippen MR) is 68.3 cm³/mol. The van der Waals surface area contributed by atoms with Crippen molar-refractivity contribution in [3.63, 3.8) is 0 Å². The molecule has 1 rings (SSSR count). The predicted octanol–water partition coefficient (Wildman–Crippen LogP) is 2.93. The lowest BCUT2D eigenvalue weighted by Gasteiger charge is -2.14. The van der Waals surface area contributed by atoms with E-state index in [2.05, 4.69) is 0 Å². The lowest BCUT2D eigenvalue weighted by Crippen LogP contribution is -2.07. The van der Waals surface area contributed by atoms with Crippen molar-refractivity contribution < 1.29 is 14.6 Å². The van der Waals surface area contributed by atoms with Crippen molar-refractivity contribution in [1.29, 1.82) is 0 Å². The van der Waals surface area contributed by atoms with E-state index in [4.69, 9.17) is 9.47 Å². The zero-order valence-corrected chi connectivity index (χ0v) is 10.8. The van der Waals surface area contributed by atoms with Crippen molar-refractivity contribution in [2.24, 2.45) is 0 Å². The van der Waals surface area contributed by atoms with Gasteiger partial charge in [-0.05, 0) is 38.5 Å². The van der Waals surface area contributed by atoms with Crippen molar-refractivity contribution in [3.05, 3.63) is 29.8 Å². The van der Waals surface area contributed by atoms with Gasteiger partial charge in [-0.2, -0.15) is 0 Å². The lowest BCUT2D eigenvalue weighted by atomic mass is 10.1. The first-order valence-electron chi connectivity index (χ1n) is 6.16. The summed E-state index contributed by atoms with van der Waals surface area (Å²) in [6.07, 6.45) is 0.266. The summed E-state index contributed by atoms with van der Waals surface area (Å²) in [4.78, 5) is 0. The molecule has 0 aliphatic heterocycles. The molecule has 0 bridgehead atoms. The summed E-state index contributed by atoms with van der Waals surface area (Å²) in [5.41, 5.74) is 0.878. The summed E-state index contributed by atoms with van der Waals surface area (Å²) in [5.74, 6) is 0.799. The molecule has 1 aromatic carbocycles. The van der Waals surface area contributed by atoms with Crippen LogP contribution in [0, 0.1) is 0 Å². The Kier molecular flexibility index (Phi) is 6.01. The molecule has 1 atom stereocenters. The van der Waals surface area contributed by atoms with Crippen LogP contribution in [-0.4, -0.2) is 24.4 Å². The Hall–Kier alpha value is -1.06. The van der Waals surface area contributed by atoms with Crippen LogP contribution in [0.2, 0.25) is 0 Å². The molecule has 1 N–H and O–H groups in total. The van der Waals surface area contributed by atoms with Crippen LogP contribution < -0.4 is 4.74 Å². The van der Waals surface area contributed by atoms with Crippen LogP contribution in [0.3, 0.4) is 0 Å². The zero-order chi connectivity index (χ0) is 12.7. The van der Waals surface area contributed by atoms with E-state index in [1.54, 1.807) is 0 Å². The number of rotatable bonds is 7. The molecular weight excluding hydrogens is 216 g/mol. The first kappa shape index (κ1) is 14.0. The van der Waals surface area contributed by atoms with Gasteiger partial charge in [0.25, 0.3) is 0 Å². The topological polar surface area (TPSA) is 38.7 Å². The lowest BCUT2D eigenvalue weighted by molar-refractivity contribution is 0.0884. The summed E-state index contributed by atoms with van der Waals surface area (Å²) in [6, 6.07) is 7.59. The van der Waals surface area contributed by atoms with Crippen molar-refractivity contribution in [2.45, 2.75) is 39.4 Å². The average molecular weight is 238 g/mol. The molecule has 0 aliphatic rings. The second kappa shape index (κ2) is 7.30. The Morgan fingerprint density at radius 1 is 1.29 bits per heavy atom. The second-order valence-corrected chi connectivity index (χ2v) is 4.24. The normalized spacial score (nSPS) is 12.8. The van der Waals surface area contributed by atoms with Gasteiger partial charge in [0.15, 0.2) is 0 Å². The Balaban J connectivity index is 2.57. The summed E-state index contributed by atoms with van der Waals surface area (Å²) in [7, 11) is 0. The Labute approximate surface area is 103 Å². The minimum absolute atomic E-state index is 0.144. The highest BCUT2D eigenvalue weighted by molar-refractivity contribution is 5.30. The van der Waals surface area contributed by atoms with Gasteiger partial charge in [0.05, 0.1) is 12.2 Å². The van der Waals surface area contributed by atoms with Gasteiger partial charge in [-0.15, -0.1) is 0 Å². The van der Waals surface area contributed by atoms with Crippen molar-refractivity contribution >= 4 is 0 Å². The highest BCUT2D eigenvalue weighted by Crippen LogP contribution is 2.22. The molecule has 0 saturated carbocycles. The molecular formula is C14H22O3. The van der Waals surface area contributed by atoms with Gasteiger partial charge in [0.2, 0.25) is 0 Å². The van der Waals surface area contributed by atoms with E-state index in [0.29, 0.717) is 19.6 Å². The highest BCUT2D eigenvalue weighted by atomic mass is 16.5. The molecule has 0 aromatic heterocycles. The maximum Gasteiger partial charge on any atom is 0.120 e. The van der Waals surface area contributed by atoms with Crippen LogP contribution >= 0.6 is 0 Å². The third-order valence-corrected chi connectivity index (χ3v) is 2.35. The van der Waals surface area contributed by atoms with Crippen LogP contribution in [0.25, 0.3) is 0 Å². The number of benzene rings is 1. The fourth-order valence-corrected chi connectivity index (χ4v) is 1.57. The van der Waals surface area contributed by atoms with Gasteiger partial charge < -0.3 is 14.6 Å². The van der Waals surface area contributed by atoms with Gasteiger partial charge in [0.1, 0.15) is 5.75 Å². The number of ether oxygens (including phenoxy) is 2. The van der Waals surface area contributed by atoms with E-state index in [-0.39, 0.29) is 6.10 Å². The van der Waals surface area contributed by atoms with E-state index in [1.165, 1.54) is 0 Å². The SMILES string of the molecule is CCOCCC(O)c1cccc(OC(C)C)c1. The summed E-state index contributed by atoms with van der Waals surface area (Å²) in [6.45, 7) is 7.18. The van der Waals surface area contributed by atoms with E-state index < -0.39 is 6.10 Å². The standard InChI is InChI=1S/C14H22O3/c1-4-16-9-8-14(15)12-6-5-7-13(10-12)17-11(2)3/h5-7,10-11,14-15H,4,8-9H2,1-3H3. The Bertz CT molecular complexity index is 323. The molecule has 0 amide bonds. The molecule has 0 heterocycles. The molecule has 0 spiro atoms. The third-order valence-electron chi connectivity index (χ3n) is 2.35. The number of hydrogen-bond donors (Lipinski definition) is 1. The largest absolute Gasteiger partial charge is 0.491 e. The molecule has 3 nitrogen and oxygen atoms in total. The van der Waals surface area contributed by atoms with Gasteiger partial charge in [-0.1, -0.05) is 12.1 Å². The summed E-state index contributed by atoms with van der Waals surface area (Å²) >= 11 is 0. The van der Waals surface area contributed by atoms with E-state index in [1.807, 2.05) is 45.0 Å². The Morgan fingerprint density at radius 3 is 2.71 bits per heavy atom. The van der Waals surface area contributed by atoms with Crippen molar-refractivity contribution in [1.82, 2.24) is 0 Å².